The standard InChI is InChI=1S/C50H60N6O12S2/c1-35(56-23-3-5-45(56)58)32-70-29-26-66-47(60)52-41-16-8-37(9-17-41)31-39-12-20-43(21-13-39)54-49(62)68-34-50(63,64)33-67-48(61)53-42-18-10-38(11-19-42)30-36-6-14-40(15-7-36)51-46(59)65-25-28-69-27-24-55-22-2-4-44(55)57/h6-21,35,63-64H,2-5,22-34H2,1H3,(H,51,59)(H,52,60)(H,53,61)(H,54,62). The molecule has 6 rings (SSSR count). The molecule has 0 saturated carbocycles. The summed E-state index contributed by atoms with van der Waals surface area (Å²) in [4.78, 5) is 76.6. The molecule has 2 heterocycles. The fourth-order valence-electron chi connectivity index (χ4n) is 7.40. The van der Waals surface area contributed by atoms with Crippen molar-refractivity contribution in [1.29, 1.82) is 0 Å². The van der Waals surface area contributed by atoms with E-state index < -0.39 is 43.4 Å². The molecular weight excluding hydrogens is 941 g/mol. The first-order chi connectivity index (χ1) is 33.8. The lowest BCUT2D eigenvalue weighted by Gasteiger charge is -2.23. The topological polar surface area (TPSA) is 234 Å². The Bertz CT molecular complexity index is 2360. The second-order valence-electron chi connectivity index (χ2n) is 16.8. The third-order valence-corrected chi connectivity index (χ3v) is 13.2. The normalized spacial score (nSPS) is 13.9. The zero-order chi connectivity index (χ0) is 49.7. The van der Waals surface area contributed by atoms with Crippen LogP contribution in [0.1, 0.15) is 54.9 Å². The number of hydrogen-bond donors (Lipinski definition) is 6. The number of thioether (sulfide) groups is 2. The van der Waals surface area contributed by atoms with E-state index >= 15 is 0 Å². The molecule has 0 aromatic heterocycles. The SMILES string of the molecule is CC(CSCCOC(=O)Nc1ccc(Cc2ccc(NC(=O)OCC(O)(O)COC(=O)Nc3ccc(Cc4ccc(NC(=O)OCCSCCN5CCCC5=O)cc4)cc3)cc2)cc1)N1CCCC1=O. The summed E-state index contributed by atoms with van der Waals surface area (Å²) in [6, 6.07) is 28.8. The van der Waals surface area contributed by atoms with Gasteiger partial charge < -0.3 is 39.0 Å². The lowest BCUT2D eigenvalue weighted by atomic mass is 10.0. The lowest BCUT2D eigenvalue weighted by Crippen LogP contribution is -2.41. The van der Waals surface area contributed by atoms with Crippen molar-refractivity contribution in [2.45, 2.75) is 57.3 Å². The number of carbonyl (C=O) groups is 6. The van der Waals surface area contributed by atoms with Gasteiger partial charge in [0.15, 0.2) is 13.2 Å². The molecule has 1 atom stereocenters. The molecule has 6 amide bonds. The van der Waals surface area contributed by atoms with Gasteiger partial charge in [0.2, 0.25) is 17.6 Å². The fourth-order valence-corrected chi connectivity index (χ4v) is 9.04. The number of anilines is 4. The highest BCUT2D eigenvalue weighted by atomic mass is 32.2. The third kappa shape index (κ3) is 18.4. The van der Waals surface area contributed by atoms with E-state index in [2.05, 4.69) is 21.3 Å². The molecule has 1 unspecified atom stereocenters. The van der Waals surface area contributed by atoms with Crippen LogP contribution in [0.15, 0.2) is 97.1 Å². The van der Waals surface area contributed by atoms with E-state index in [-0.39, 0.29) is 31.1 Å². The number of ether oxygens (including phenoxy) is 4. The van der Waals surface area contributed by atoms with Gasteiger partial charge >= 0.3 is 24.4 Å². The number of rotatable bonds is 24. The van der Waals surface area contributed by atoms with Crippen LogP contribution in [0.3, 0.4) is 0 Å². The lowest BCUT2D eigenvalue weighted by molar-refractivity contribution is -0.206. The van der Waals surface area contributed by atoms with Gasteiger partial charge in [0.05, 0.1) is 0 Å². The van der Waals surface area contributed by atoms with Crippen LogP contribution in [-0.2, 0) is 41.4 Å². The Morgan fingerprint density at radius 1 is 0.557 bits per heavy atom. The fraction of sp³-hybridized carbons (Fsp3) is 0.400. The molecule has 20 heteroatoms. The molecule has 2 aliphatic heterocycles. The highest BCUT2D eigenvalue weighted by molar-refractivity contribution is 7.99. The van der Waals surface area contributed by atoms with Crippen LogP contribution in [0.25, 0.3) is 0 Å². The van der Waals surface area contributed by atoms with Crippen LogP contribution in [0.5, 0.6) is 0 Å². The average Bonchev–Trinajstić information content (AvgIpc) is 3.98. The van der Waals surface area contributed by atoms with Gasteiger partial charge in [-0.25, -0.2) is 19.2 Å². The Morgan fingerprint density at radius 3 is 1.33 bits per heavy atom. The molecule has 2 saturated heterocycles. The van der Waals surface area contributed by atoms with Crippen LogP contribution < -0.4 is 21.3 Å². The number of likely N-dealkylation sites (tertiary alicyclic amines) is 2. The van der Waals surface area contributed by atoms with Gasteiger partial charge in [0, 0.05) is 84.3 Å². The smallest absolute Gasteiger partial charge is 0.411 e. The number of benzene rings is 4. The van der Waals surface area contributed by atoms with Crippen LogP contribution in [0, 0.1) is 0 Å². The van der Waals surface area contributed by atoms with E-state index in [9.17, 15) is 39.0 Å². The van der Waals surface area contributed by atoms with Crippen molar-refractivity contribution < 1.29 is 57.9 Å². The number of carbonyl (C=O) groups excluding carboxylic acids is 6. The first-order valence-electron chi connectivity index (χ1n) is 23.1. The highest BCUT2D eigenvalue weighted by Crippen LogP contribution is 2.20. The van der Waals surface area contributed by atoms with Crippen LogP contribution >= 0.6 is 23.5 Å². The Kier molecular flexibility index (Phi) is 20.4. The summed E-state index contributed by atoms with van der Waals surface area (Å²) in [6.07, 6.45) is 1.25. The van der Waals surface area contributed by atoms with Crippen LogP contribution in [0.4, 0.5) is 41.9 Å². The van der Waals surface area contributed by atoms with Crippen molar-refractivity contribution in [1.82, 2.24) is 9.80 Å². The monoisotopic (exact) mass is 1000 g/mol. The Morgan fingerprint density at radius 2 is 0.943 bits per heavy atom. The maximum atomic E-state index is 12.4. The summed E-state index contributed by atoms with van der Waals surface area (Å²) < 4.78 is 20.5. The predicted octanol–water partition coefficient (Wildman–Crippen LogP) is 7.54. The number of hydrogen-bond acceptors (Lipinski definition) is 14. The average molecular weight is 1000 g/mol. The summed E-state index contributed by atoms with van der Waals surface area (Å²) in [5, 5.41) is 31.0. The second kappa shape index (κ2) is 27.1. The maximum absolute atomic E-state index is 12.4. The van der Waals surface area contributed by atoms with E-state index in [4.69, 9.17) is 18.9 Å². The molecule has 0 spiro atoms. The van der Waals surface area contributed by atoms with E-state index in [1.807, 2.05) is 65.3 Å². The van der Waals surface area contributed by atoms with Gasteiger partial charge in [-0.3, -0.25) is 30.9 Å². The Hall–Kier alpha value is -6.48. The quantitative estimate of drug-likeness (QED) is 0.0226. The zero-order valence-electron chi connectivity index (χ0n) is 39.0. The summed E-state index contributed by atoms with van der Waals surface area (Å²) in [7, 11) is 0. The molecule has 4 aromatic rings. The molecule has 4 aromatic carbocycles. The minimum Gasteiger partial charge on any atom is -0.448 e. The van der Waals surface area contributed by atoms with E-state index in [0.717, 1.165) is 66.2 Å². The first kappa shape index (κ1) is 52.9. The summed E-state index contributed by atoms with van der Waals surface area (Å²) in [5.41, 5.74) is 5.84. The molecular formula is C50H60N6O12S2. The number of nitrogens with one attached hydrogen (secondary N) is 4. The molecule has 18 nitrogen and oxygen atoms in total. The van der Waals surface area contributed by atoms with Crippen molar-refractivity contribution in [2.75, 3.05) is 90.3 Å². The number of amides is 6. The highest BCUT2D eigenvalue weighted by Gasteiger charge is 2.28. The van der Waals surface area contributed by atoms with Crippen molar-refractivity contribution in [2.24, 2.45) is 0 Å². The van der Waals surface area contributed by atoms with Crippen molar-refractivity contribution >= 4 is 82.5 Å². The van der Waals surface area contributed by atoms with Crippen molar-refractivity contribution in [3.8, 4) is 0 Å². The summed E-state index contributed by atoms with van der Waals surface area (Å²) >= 11 is 3.28. The van der Waals surface area contributed by atoms with Gasteiger partial charge in [0.25, 0.3) is 0 Å². The molecule has 2 fully saturated rings. The second-order valence-corrected chi connectivity index (χ2v) is 19.1. The number of aliphatic hydroxyl groups is 2. The molecule has 2 aliphatic rings. The van der Waals surface area contributed by atoms with E-state index in [1.165, 1.54) is 0 Å². The molecule has 0 bridgehead atoms. The predicted molar refractivity (Wildman–Crippen MR) is 269 cm³/mol. The van der Waals surface area contributed by atoms with E-state index in [1.54, 1.807) is 72.1 Å². The molecule has 0 radical (unpaired) electrons. The minimum absolute atomic E-state index is 0.161. The largest absolute Gasteiger partial charge is 0.448 e. The molecule has 70 heavy (non-hydrogen) atoms. The van der Waals surface area contributed by atoms with Gasteiger partial charge in [-0.15, -0.1) is 0 Å². The van der Waals surface area contributed by atoms with Crippen LogP contribution in [0.2, 0.25) is 0 Å². The summed E-state index contributed by atoms with van der Waals surface area (Å²) in [6.45, 7) is 3.14. The zero-order valence-corrected chi connectivity index (χ0v) is 40.7. The van der Waals surface area contributed by atoms with Crippen molar-refractivity contribution in [3.63, 3.8) is 0 Å². The Balaban J connectivity index is 0.800. The van der Waals surface area contributed by atoms with Crippen molar-refractivity contribution in [3.05, 3.63) is 119 Å². The van der Waals surface area contributed by atoms with Gasteiger partial charge in [0.1, 0.15) is 13.2 Å². The Labute approximate surface area is 415 Å². The minimum atomic E-state index is -2.66. The van der Waals surface area contributed by atoms with Crippen LogP contribution in [-0.4, -0.2) is 137 Å². The maximum Gasteiger partial charge on any atom is 0.411 e. The van der Waals surface area contributed by atoms with E-state index in [0.29, 0.717) is 59.9 Å². The summed E-state index contributed by atoms with van der Waals surface area (Å²) in [5.74, 6) is 0.618. The third-order valence-electron chi connectivity index (χ3n) is 11.1. The number of nitrogens with zero attached hydrogens (tertiary/aromatic N) is 2. The molecule has 6 N–H and O–H groups in total. The molecule has 374 valence electrons. The first-order valence-corrected chi connectivity index (χ1v) is 25.4. The van der Waals surface area contributed by atoms with Gasteiger partial charge in [-0.05, 0) is 103 Å². The van der Waals surface area contributed by atoms with Gasteiger partial charge in [-0.2, -0.15) is 23.5 Å². The van der Waals surface area contributed by atoms with Gasteiger partial charge in [-0.1, -0.05) is 48.5 Å². The molecule has 0 aliphatic carbocycles.